The molecular weight excluding hydrogens is 288 g/mol. The number of hydrogen-bond donors (Lipinski definition) is 2. The number of piperidine rings is 1. The Balaban J connectivity index is 1.93. The van der Waals surface area contributed by atoms with Crippen LogP contribution in [0.1, 0.15) is 31.5 Å². The number of nitrogens with one attached hydrogen (secondary N) is 2. The molecule has 2 N–H and O–H groups in total. The molecule has 1 unspecified atom stereocenters. The monoisotopic (exact) mass is 312 g/mol. The fourth-order valence-electron chi connectivity index (χ4n) is 2.63. The normalized spacial score (nSPS) is 19.5. The highest BCUT2D eigenvalue weighted by Crippen LogP contribution is 2.20. The minimum Gasteiger partial charge on any atom is -0.319 e. The highest BCUT2D eigenvalue weighted by Gasteiger charge is 2.29. The lowest BCUT2D eigenvalue weighted by Crippen LogP contribution is -2.46. The first-order chi connectivity index (χ1) is 10.0. The Hall–Kier alpha value is -1.02. The number of rotatable bonds is 6. The topological polar surface area (TPSA) is 74.3 Å². The molecule has 1 aromatic heterocycles. The van der Waals surface area contributed by atoms with Gasteiger partial charge in [0.05, 0.1) is 11.7 Å². The molecule has 0 spiro atoms. The fraction of sp³-hybridized carbons (Fsp3) is 0.643. The van der Waals surface area contributed by atoms with Gasteiger partial charge in [-0.3, -0.25) is 4.98 Å². The molecule has 0 saturated carbocycles. The zero-order valence-corrected chi connectivity index (χ0v) is 13.4. The lowest BCUT2D eigenvalue weighted by atomic mass is 9.98. The average molecular weight is 312 g/mol. The standard InChI is InChI=1S/C14H24N4O2S/c1-12(14-5-3-4-8-16-14)17-21(19,20)18-9-6-13(7-10-18)11-15-2/h3-5,8,12-13,15,17H,6-7,9-11H2,1-2H3. The van der Waals surface area contributed by atoms with E-state index in [9.17, 15) is 8.42 Å². The second-order valence-corrected chi connectivity index (χ2v) is 7.20. The van der Waals surface area contributed by atoms with Crippen LogP contribution in [-0.2, 0) is 10.2 Å². The second kappa shape index (κ2) is 7.31. The van der Waals surface area contributed by atoms with E-state index >= 15 is 0 Å². The van der Waals surface area contributed by atoms with Gasteiger partial charge in [-0.1, -0.05) is 6.07 Å². The van der Waals surface area contributed by atoms with E-state index in [1.54, 1.807) is 10.5 Å². The van der Waals surface area contributed by atoms with E-state index in [1.165, 1.54) is 0 Å². The van der Waals surface area contributed by atoms with Crippen LogP contribution in [0.2, 0.25) is 0 Å². The summed E-state index contributed by atoms with van der Waals surface area (Å²) in [4.78, 5) is 4.19. The zero-order chi connectivity index (χ0) is 15.3. The third-order valence-electron chi connectivity index (χ3n) is 3.86. The van der Waals surface area contributed by atoms with Gasteiger partial charge in [0, 0.05) is 19.3 Å². The highest BCUT2D eigenvalue weighted by molar-refractivity contribution is 7.87. The summed E-state index contributed by atoms with van der Waals surface area (Å²) in [7, 11) is -1.52. The summed E-state index contributed by atoms with van der Waals surface area (Å²) in [5.74, 6) is 0.565. The molecule has 1 aromatic rings. The molecular formula is C14H24N4O2S. The third-order valence-corrected chi connectivity index (χ3v) is 5.56. The van der Waals surface area contributed by atoms with E-state index in [0.29, 0.717) is 19.0 Å². The zero-order valence-electron chi connectivity index (χ0n) is 12.6. The van der Waals surface area contributed by atoms with Gasteiger partial charge >= 0.3 is 0 Å². The van der Waals surface area contributed by atoms with Crippen molar-refractivity contribution in [1.29, 1.82) is 0 Å². The summed E-state index contributed by atoms with van der Waals surface area (Å²) >= 11 is 0. The van der Waals surface area contributed by atoms with Crippen LogP contribution in [-0.4, -0.2) is 44.4 Å². The molecule has 1 aliphatic heterocycles. The van der Waals surface area contributed by atoms with Crippen molar-refractivity contribution in [2.45, 2.75) is 25.8 Å². The van der Waals surface area contributed by atoms with Crippen molar-refractivity contribution in [3.8, 4) is 0 Å². The quantitative estimate of drug-likeness (QED) is 0.819. The van der Waals surface area contributed by atoms with Gasteiger partial charge in [0.15, 0.2) is 0 Å². The maximum absolute atomic E-state index is 12.4. The molecule has 0 radical (unpaired) electrons. The number of nitrogens with zero attached hydrogens (tertiary/aromatic N) is 2. The third kappa shape index (κ3) is 4.47. The van der Waals surface area contributed by atoms with E-state index in [1.807, 2.05) is 32.2 Å². The lowest BCUT2D eigenvalue weighted by Gasteiger charge is -2.31. The number of aromatic nitrogens is 1. The van der Waals surface area contributed by atoms with Crippen molar-refractivity contribution in [3.05, 3.63) is 30.1 Å². The first-order valence-electron chi connectivity index (χ1n) is 7.36. The summed E-state index contributed by atoms with van der Waals surface area (Å²) in [5, 5.41) is 3.15. The Labute approximate surface area is 127 Å². The molecule has 7 heteroatoms. The van der Waals surface area contributed by atoms with Crippen molar-refractivity contribution < 1.29 is 8.42 Å². The fourth-order valence-corrected chi connectivity index (χ4v) is 4.04. The molecule has 118 valence electrons. The average Bonchev–Trinajstić information content (AvgIpc) is 2.48. The van der Waals surface area contributed by atoms with Crippen LogP contribution in [0, 0.1) is 5.92 Å². The highest BCUT2D eigenvalue weighted by atomic mass is 32.2. The van der Waals surface area contributed by atoms with Crippen molar-refractivity contribution in [1.82, 2.24) is 19.3 Å². The van der Waals surface area contributed by atoms with E-state index in [0.717, 1.165) is 25.1 Å². The Morgan fingerprint density at radius 2 is 2.10 bits per heavy atom. The van der Waals surface area contributed by atoms with Crippen LogP contribution >= 0.6 is 0 Å². The Kier molecular flexibility index (Phi) is 5.69. The van der Waals surface area contributed by atoms with Gasteiger partial charge in [0.2, 0.25) is 0 Å². The van der Waals surface area contributed by atoms with Gasteiger partial charge in [-0.25, -0.2) is 0 Å². The van der Waals surface area contributed by atoms with Gasteiger partial charge < -0.3 is 5.32 Å². The van der Waals surface area contributed by atoms with Crippen molar-refractivity contribution in [2.24, 2.45) is 5.92 Å². The smallest absolute Gasteiger partial charge is 0.280 e. The molecule has 0 amide bonds. The number of hydrogen-bond acceptors (Lipinski definition) is 4. The lowest BCUT2D eigenvalue weighted by molar-refractivity contribution is 0.267. The summed E-state index contributed by atoms with van der Waals surface area (Å²) in [5.41, 5.74) is 0.728. The summed E-state index contributed by atoms with van der Waals surface area (Å²) < 4.78 is 29.1. The molecule has 21 heavy (non-hydrogen) atoms. The molecule has 1 atom stereocenters. The van der Waals surface area contributed by atoms with E-state index in [-0.39, 0.29) is 6.04 Å². The minimum absolute atomic E-state index is 0.328. The van der Waals surface area contributed by atoms with E-state index < -0.39 is 10.2 Å². The van der Waals surface area contributed by atoms with Crippen LogP contribution < -0.4 is 10.0 Å². The molecule has 1 saturated heterocycles. The second-order valence-electron chi connectivity index (χ2n) is 5.50. The number of pyridine rings is 1. The van der Waals surface area contributed by atoms with Crippen LogP contribution in [0.15, 0.2) is 24.4 Å². The summed E-state index contributed by atoms with van der Waals surface area (Å²) in [6.45, 7) is 3.92. The van der Waals surface area contributed by atoms with Crippen molar-refractivity contribution in [2.75, 3.05) is 26.7 Å². The Morgan fingerprint density at radius 1 is 1.38 bits per heavy atom. The molecule has 1 aliphatic rings. The molecule has 0 aromatic carbocycles. The van der Waals surface area contributed by atoms with Crippen molar-refractivity contribution in [3.63, 3.8) is 0 Å². The van der Waals surface area contributed by atoms with Gasteiger partial charge in [-0.2, -0.15) is 17.4 Å². The predicted octanol–water partition coefficient (Wildman–Crippen LogP) is 0.908. The van der Waals surface area contributed by atoms with Gasteiger partial charge in [0.25, 0.3) is 10.2 Å². The maximum Gasteiger partial charge on any atom is 0.280 e. The first-order valence-corrected chi connectivity index (χ1v) is 8.80. The molecule has 1 fully saturated rings. The summed E-state index contributed by atoms with van der Waals surface area (Å²) in [6.07, 6.45) is 3.48. The summed E-state index contributed by atoms with van der Waals surface area (Å²) in [6, 6.07) is 5.17. The molecule has 0 bridgehead atoms. The Bertz CT molecular complexity index is 527. The van der Waals surface area contributed by atoms with Crippen LogP contribution in [0.5, 0.6) is 0 Å². The van der Waals surface area contributed by atoms with Gasteiger partial charge in [-0.05, 0) is 51.4 Å². The van der Waals surface area contributed by atoms with Gasteiger partial charge in [-0.15, -0.1) is 0 Å². The Morgan fingerprint density at radius 3 is 2.67 bits per heavy atom. The SMILES string of the molecule is CNCC1CCN(S(=O)(=O)NC(C)c2ccccn2)CC1. The predicted molar refractivity (Wildman–Crippen MR) is 82.9 cm³/mol. The van der Waals surface area contributed by atoms with Crippen molar-refractivity contribution >= 4 is 10.2 Å². The molecule has 2 heterocycles. The van der Waals surface area contributed by atoms with E-state index in [4.69, 9.17) is 0 Å². The molecule has 6 nitrogen and oxygen atoms in total. The molecule has 2 rings (SSSR count). The minimum atomic E-state index is -3.45. The van der Waals surface area contributed by atoms with E-state index in [2.05, 4.69) is 15.0 Å². The van der Waals surface area contributed by atoms with Crippen LogP contribution in [0.25, 0.3) is 0 Å². The van der Waals surface area contributed by atoms with Gasteiger partial charge in [0.1, 0.15) is 0 Å². The first kappa shape index (κ1) is 16.4. The maximum atomic E-state index is 12.4. The van der Waals surface area contributed by atoms with Crippen LogP contribution in [0.3, 0.4) is 0 Å². The largest absolute Gasteiger partial charge is 0.319 e. The molecule has 0 aliphatic carbocycles. The van der Waals surface area contributed by atoms with Crippen LogP contribution in [0.4, 0.5) is 0 Å².